The van der Waals surface area contributed by atoms with Gasteiger partial charge in [-0.05, 0) is 40.5 Å². The van der Waals surface area contributed by atoms with Crippen molar-refractivity contribution >= 4 is 16.7 Å². The second-order valence-corrected chi connectivity index (χ2v) is 7.25. The molecule has 0 spiro atoms. The fourth-order valence-corrected chi connectivity index (χ4v) is 2.94. The van der Waals surface area contributed by atoms with Crippen LogP contribution >= 0.6 is 0 Å². The zero-order valence-corrected chi connectivity index (χ0v) is 12.9. The minimum Gasteiger partial charge on any atom is -0.354 e. The second-order valence-electron chi connectivity index (χ2n) is 5.45. The summed E-state index contributed by atoms with van der Waals surface area (Å²) < 4.78 is 11.2. The Balaban J connectivity index is 2.48. The average molecular weight is 274 g/mol. The minimum absolute atomic E-state index is 0.00887. The molecular weight excluding hydrogens is 248 g/mol. The average Bonchev–Trinajstić information content (AvgIpc) is 2.64. The van der Waals surface area contributed by atoms with E-state index in [9.17, 15) is 9.00 Å². The van der Waals surface area contributed by atoms with Crippen molar-refractivity contribution in [1.29, 1.82) is 0 Å². The van der Waals surface area contributed by atoms with E-state index < -0.39 is 10.8 Å². The van der Waals surface area contributed by atoms with Gasteiger partial charge in [0.2, 0.25) is 5.91 Å². The largest absolute Gasteiger partial charge is 0.354 e. The van der Waals surface area contributed by atoms with E-state index in [0.29, 0.717) is 18.6 Å². The maximum absolute atomic E-state index is 12.1. The monoisotopic (exact) mass is 274 g/mol. The Morgan fingerprint density at radius 3 is 2.28 bits per heavy atom. The highest BCUT2D eigenvalue weighted by Gasteiger charge is 2.34. The number of carbonyl (C=O) groups excluding carboxylic acids is 1. The second kappa shape index (κ2) is 6.66. The topological polar surface area (TPSA) is 49.4 Å². The van der Waals surface area contributed by atoms with E-state index in [4.69, 9.17) is 0 Å². The molecule has 0 aromatic rings. The van der Waals surface area contributed by atoms with Gasteiger partial charge >= 0.3 is 0 Å². The molecule has 1 aliphatic heterocycles. The zero-order chi connectivity index (χ0) is 13.9. The fraction of sp³-hybridized carbons (Fsp3) is 0.923. The predicted octanol–water partition coefficient (Wildman–Crippen LogP) is 1.13. The van der Waals surface area contributed by atoms with Gasteiger partial charge < -0.3 is 5.32 Å². The molecule has 1 rings (SSSR count). The standard InChI is InChI=1S/C13H26N2O2S/c1-9-6-7-10(2)15(9)12(4)13(16)14-8-11(3)18(5)17/h9-12H,6-8H2,1-5H3,(H,14,16)/t9-,10+,11-,12+,18-/m0/s1. The van der Waals surface area contributed by atoms with Crippen molar-refractivity contribution in [2.24, 2.45) is 0 Å². The molecule has 1 amide bonds. The Kier molecular flexibility index (Phi) is 5.79. The lowest BCUT2D eigenvalue weighted by Crippen LogP contribution is -2.50. The third kappa shape index (κ3) is 3.79. The van der Waals surface area contributed by atoms with Crippen LogP contribution in [0.3, 0.4) is 0 Å². The number of hydrogen-bond acceptors (Lipinski definition) is 3. The SMILES string of the molecule is C[C@@H]1CC[C@H](C)N1[C@H](C)C(=O)NC[C@H](C)[S@](C)=O. The van der Waals surface area contributed by atoms with Gasteiger partial charge in [0.25, 0.3) is 0 Å². The number of rotatable bonds is 5. The third-order valence-corrected chi connectivity index (χ3v) is 5.28. The molecule has 5 heteroatoms. The Morgan fingerprint density at radius 1 is 1.33 bits per heavy atom. The molecule has 1 saturated heterocycles. The van der Waals surface area contributed by atoms with Crippen LogP contribution in [0.25, 0.3) is 0 Å². The van der Waals surface area contributed by atoms with E-state index >= 15 is 0 Å². The van der Waals surface area contributed by atoms with Crippen LogP contribution in [0.2, 0.25) is 0 Å². The predicted molar refractivity (Wildman–Crippen MR) is 76.0 cm³/mol. The van der Waals surface area contributed by atoms with Gasteiger partial charge in [-0.3, -0.25) is 13.9 Å². The zero-order valence-electron chi connectivity index (χ0n) is 12.1. The van der Waals surface area contributed by atoms with Gasteiger partial charge in [0.15, 0.2) is 0 Å². The van der Waals surface area contributed by atoms with Crippen molar-refractivity contribution in [2.45, 2.75) is 63.9 Å². The number of nitrogens with one attached hydrogen (secondary N) is 1. The Morgan fingerprint density at radius 2 is 1.83 bits per heavy atom. The Hall–Kier alpha value is -0.420. The van der Waals surface area contributed by atoms with E-state index in [1.165, 1.54) is 0 Å². The molecular formula is C13H26N2O2S. The van der Waals surface area contributed by atoms with Crippen molar-refractivity contribution in [3.05, 3.63) is 0 Å². The van der Waals surface area contributed by atoms with Crippen LogP contribution < -0.4 is 5.32 Å². The summed E-state index contributed by atoms with van der Waals surface area (Å²) >= 11 is 0. The first-order chi connectivity index (χ1) is 8.34. The van der Waals surface area contributed by atoms with Crippen LogP contribution in [-0.2, 0) is 15.6 Å². The summed E-state index contributed by atoms with van der Waals surface area (Å²) in [5, 5.41) is 2.92. The van der Waals surface area contributed by atoms with Crippen LogP contribution in [0.4, 0.5) is 0 Å². The van der Waals surface area contributed by atoms with E-state index in [0.717, 1.165) is 12.8 Å². The molecule has 1 heterocycles. The lowest BCUT2D eigenvalue weighted by molar-refractivity contribution is -0.126. The van der Waals surface area contributed by atoms with Gasteiger partial charge in [0.1, 0.15) is 0 Å². The van der Waals surface area contributed by atoms with Crippen molar-refractivity contribution < 1.29 is 9.00 Å². The molecule has 0 aromatic heterocycles. The molecule has 1 N–H and O–H groups in total. The van der Waals surface area contributed by atoms with Gasteiger partial charge in [0, 0.05) is 40.9 Å². The van der Waals surface area contributed by atoms with Crippen LogP contribution in [0.5, 0.6) is 0 Å². The number of likely N-dealkylation sites (tertiary alicyclic amines) is 1. The third-order valence-electron chi connectivity index (χ3n) is 3.98. The van der Waals surface area contributed by atoms with Gasteiger partial charge in [-0.15, -0.1) is 0 Å². The molecule has 1 aliphatic rings. The highest BCUT2D eigenvalue weighted by molar-refractivity contribution is 7.84. The summed E-state index contributed by atoms with van der Waals surface area (Å²) in [5.74, 6) is 0.0490. The maximum Gasteiger partial charge on any atom is 0.237 e. The van der Waals surface area contributed by atoms with Gasteiger partial charge in [-0.1, -0.05) is 0 Å². The summed E-state index contributed by atoms with van der Waals surface area (Å²) in [5.41, 5.74) is 0. The first-order valence-electron chi connectivity index (χ1n) is 6.72. The van der Waals surface area contributed by atoms with E-state index in [-0.39, 0.29) is 17.2 Å². The van der Waals surface area contributed by atoms with E-state index in [2.05, 4.69) is 24.1 Å². The molecule has 0 saturated carbocycles. The van der Waals surface area contributed by atoms with Crippen LogP contribution in [0.1, 0.15) is 40.5 Å². The summed E-state index contributed by atoms with van der Waals surface area (Å²) in [6.07, 6.45) is 3.99. The van der Waals surface area contributed by atoms with Crippen molar-refractivity contribution in [1.82, 2.24) is 10.2 Å². The fourth-order valence-electron chi connectivity index (χ4n) is 2.62. The molecule has 0 bridgehead atoms. The first kappa shape index (κ1) is 15.6. The maximum atomic E-state index is 12.1. The van der Waals surface area contributed by atoms with E-state index in [1.807, 2.05) is 13.8 Å². The highest BCUT2D eigenvalue weighted by atomic mass is 32.2. The number of carbonyl (C=O) groups is 1. The number of amides is 1. The first-order valence-corrected chi connectivity index (χ1v) is 8.34. The normalized spacial score (nSPS) is 29.8. The molecule has 1 fully saturated rings. The molecule has 0 aliphatic carbocycles. The van der Waals surface area contributed by atoms with Crippen molar-refractivity contribution in [2.75, 3.05) is 12.8 Å². The molecule has 0 radical (unpaired) electrons. The lowest BCUT2D eigenvalue weighted by atomic mass is 10.2. The van der Waals surface area contributed by atoms with Crippen LogP contribution in [-0.4, -0.2) is 51.2 Å². The van der Waals surface area contributed by atoms with Crippen LogP contribution in [0.15, 0.2) is 0 Å². The Bertz CT molecular complexity index is 312. The quantitative estimate of drug-likeness (QED) is 0.817. The lowest BCUT2D eigenvalue weighted by Gasteiger charge is -2.31. The molecule has 18 heavy (non-hydrogen) atoms. The van der Waals surface area contributed by atoms with Gasteiger partial charge in [0.05, 0.1) is 6.04 Å². The van der Waals surface area contributed by atoms with Gasteiger partial charge in [-0.2, -0.15) is 0 Å². The van der Waals surface area contributed by atoms with E-state index in [1.54, 1.807) is 6.26 Å². The highest BCUT2D eigenvalue weighted by Crippen LogP contribution is 2.25. The number of nitrogens with zero attached hydrogens (tertiary/aromatic N) is 1. The summed E-state index contributed by atoms with van der Waals surface area (Å²) in [4.78, 5) is 14.4. The van der Waals surface area contributed by atoms with Crippen molar-refractivity contribution in [3.63, 3.8) is 0 Å². The molecule has 106 valence electrons. The summed E-state index contributed by atoms with van der Waals surface area (Å²) in [6.45, 7) is 8.69. The smallest absolute Gasteiger partial charge is 0.237 e. The molecule has 0 unspecified atom stereocenters. The Labute approximate surface area is 113 Å². The van der Waals surface area contributed by atoms with Crippen LogP contribution in [0, 0.1) is 0 Å². The molecule has 5 atom stereocenters. The summed E-state index contributed by atoms with van der Waals surface area (Å²) in [7, 11) is -0.884. The van der Waals surface area contributed by atoms with Crippen molar-refractivity contribution in [3.8, 4) is 0 Å². The molecule has 4 nitrogen and oxygen atoms in total. The molecule has 0 aromatic carbocycles. The minimum atomic E-state index is -0.884. The number of hydrogen-bond donors (Lipinski definition) is 1. The van der Waals surface area contributed by atoms with Gasteiger partial charge in [-0.25, -0.2) is 0 Å². The summed E-state index contributed by atoms with van der Waals surface area (Å²) in [6, 6.07) is 0.840.